The predicted octanol–water partition coefficient (Wildman–Crippen LogP) is 3.33. The van der Waals surface area contributed by atoms with E-state index in [0.29, 0.717) is 17.8 Å². The van der Waals surface area contributed by atoms with Crippen LogP contribution in [0.2, 0.25) is 0 Å². The second-order valence-electron chi connectivity index (χ2n) is 6.60. The highest BCUT2D eigenvalue weighted by Gasteiger charge is 2.11. The van der Waals surface area contributed by atoms with Crippen molar-refractivity contribution in [3.8, 4) is 5.75 Å². The van der Waals surface area contributed by atoms with Crippen molar-refractivity contribution < 1.29 is 19.1 Å². The Morgan fingerprint density at radius 1 is 1.11 bits per heavy atom. The molecule has 0 fully saturated rings. The van der Waals surface area contributed by atoms with E-state index >= 15 is 0 Å². The summed E-state index contributed by atoms with van der Waals surface area (Å²) >= 11 is 0. The summed E-state index contributed by atoms with van der Waals surface area (Å²) in [6.45, 7) is 4.47. The van der Waals surface area contributed by atoms with Gasteiger partial charge in [-0.05, 0) is 62.9 Å². The zero-order valence-electron chi connectivity index (χ0n) is 16.2. The summed E-state index contributed by atoms with van der Waals surface area (Å²) in [6.07, 6.45) is -0.169. The van der Waals surface area contributed by atoms with E-state index in [9.17, 15) is 9.59 Å². The van der Waals surface area contributed by atoms with E-state index in [1.807, 2.05) is 36.2 Å². The number of ether oxygens (including phenoxy) is 2. The molecule has 0 atom stereocenters. The molecule has 1 N–H and O–H groups in total. The number of likely N-dealkylation sites (N-methyl/N-ethyl adjacent to an activating group) is 1. The Kier molecular flexibility index (Phi) is 7.37. The average molecular weight is 370 g/mol. The van der Waals surface area contributed by atoms with Gasteiger partial charge in [0.2, 0.25) is 5.91 Å². The molecule has 0 saturated heterocycles. The minimum Gasteiger partial charge on any atom is -0.497 e. The fourth-order valence-electron chi connectivity index (χ4n) is 2.56. The molecule has 2 aromatic carbocycles. The van der Waals surface area contributed by atoms with Gasteiger partial charge in [0.15, 0.2) is 0 Å². The maximum absolute atomic E-state index is 12.2. The van der Waals surface area contributed by atoms with Gasteiger partial charge in [0, 0.05) is 12.2 Å². The van der Waals surface area contributed by atoms with Crippen LogP contribution in [0.15, 0.2) is 48.5 Å². The number of hydrogen-bond donors (Lipinski definition) is 1. The molecule has 0 spiro atoms. The van der Waals surface area contributed by atoms with Crippen LogP contribution in [0.3, 0.4) is 0 Å². The first kappa shape index (κ1) is 20.5. The molecule has 0 aromatic heterocycles. The van der Waals surface area contributed by atoms with Gasteiger partial charge in [-0.25, -0.2) is 4.79 Å². The van der Waals surface area contributed by atoms with Crippen molar-refractivity contribution in [3.05, 3.63) is 59.7 Å². The number of carbonyl (C=O) groups excluding carboxylic acids is 2. The monoisotopic (exact) mass is 370 g/mol. The third-order valence-electron chi connectivity index (χ3n) is 3.75. The summed E-state index contributed by atoms with van der Waals surface area (Å²) in [5.41, 5.74) is 2.16. The van der Waals surface area contributed by atoms with Gasteiger partial charge >= 0.3 is 5.97 Å². The predicted molar refractivity (Wildman–Crippen MR) is 105 cm³/mol. The molecule has 0 unspecified atom stereocenters. The molecule has 2 aromatic rings. The zero-order chi connectivity index (χ0) is 19.8. The van der Waals surface area contributed by atoms with Gasteiger partial charge in [-0.2, -0.15) is 0 Å². The summed E-state index contributed by atoms with van der Waals surface area (Å²) in [5.74, 6) is 0.292. The lowest BCUT2D eigenvalue weighted by Gasteiger charge is -2.17. The minimum atomic E-state index is -0.374. The van der Waals surface area contributed by atoms with E-state index < -0.39 is 0 Å². The Morgan fingerprint density at radius 2 is 1.81 bits per heavy atom. The summed E-state index contributed by atoms with van der Waals surface area (Å²) in [5, 5.41) is 2.83. The number of nitrogens with one attached hydrogen (secondary N) is 1. The summed E-state index contributed by atoms with van der Waals surface area (Å²) in [7, 11) is 3.51. The molecule has 0 aliphatic rings. The molecule has 6 heteroatoms. The Labute approximate surface area is 160 Å². The highest BCUT2D eigenvalue weighted by Crippen LogP contribution is 2.14. The lowest BCUT2D eigenvalue weighted by atomic mass is 10.2. The SMILES string of the molecule is COc1cccc(CN(C)CC(=O)Nc2ccc(C(=O)OC(C)C)cc2)c1. The van der Waals surface area contributed by atoms with Crippen molar-refractivity contribution in [1.82, 2.24) is 4.90 Å². The molecule has 144 valence electrons. The lowest BCUT2D eigenvalue weighted by molar-refractivity contribution is -0.117. The van der Waals surface area contributed by atoms with E-state index in [1.54, 1.807) is 45.2 Å². The number of anilines is 1. The van der Waals surface area contributed by atoms with Crippen LogP contribution in [0, 0.1) is 0 Å². The average Bonchev–Trinajstić information content (AvgIpc) is 2.61. The number of nitrogens with zero attached hydrogens (tertiary/aromatic N) is 1. The van der Waals surface area contributed by atoms with E-state index in [0.717, 1.165) is 11.3 Å². The number of methoxy groups -OCH3 is 1. The molecule has 0 radical (unpaired) electrons. The van der Waals surface area contributed by atoms with Gasteiger partial charge < -0.3 is 14.8 Å². The van der Waals surface area contributed by atoms with Crippen LogP contribution in [0.4, 0.5) is 5.69 Å². The second kappa shape index (κ2) is 9.73. The molecular formula is C21H26N2O4. The maximum atomic E-state index is 12.2. The molecular weight excluding hydrogens is 344 g/mol. The molecule has 0 aliphatic heterocycles. The van der Waals surface area contributed by atoms with E-state index in [1.165, 1.54) is 0 Å². The van der Waals surface area contributed by atoms with Crippen molar-refractivity contribution in [2.24, 2.45) is 0 Å². The van der Waals surface area contributed by atoms with Gasteiger partial charge in [0.05, 0.1) is 25.3 Å². The Hall–Kier alpha value is -2.86. The van der Waals surface area contributed by atoms with E-state index in [-0.39, 0.29) is 24.5 Å². The number of esters is 1. The quantitative estimate of drug-likeness (QED) is 0.722. The Bertz CT molecular complexity index is 772. The number of hydrogen-bond acceptors (Lipinski definition) is 5. The zero-order valence-corrected chi connectivity index (χ0v) is 16.2. The van der Waals surface area contributed by atoms with Gasteiger partial charge in [0.1, 0.15) is 5.75 Å². The van der Waals surface area contributed by atoms with Crippen molar-refractivity contribution in [2.75, 3.05) is 26.0 Å². The van der Waals surface area contributed by atoms with Crippen molar-refractivity contribution >= 4 is 17.6 Å². The summed E-state index contributed by atoms with van der Waals surface area (Å²) < 4.78 is 10.4. The van der Waals surface area contributed by atoms with Crippen LogP contribution >= 0.6 is 0 Å². The maximum Gasteiger partial charge on any atom is 0.338 e. The van der Waals surface area contributed by atoms with Crippen LogP contribution in [0.5, 0.6) is 5.75 Å². The van der Waals surface area contributed by atoms with Gasteiger partial charge in [-0.15, -0.1) is 0 Å². The minimum absolute atomic E-state index is 0.127. The molecule has 0 aliphatic carbocycles. The van der Waals surface area contributed by atoms with Gasteiger partial charge in [-0.3, -0.25) is 9.69 Å². The molecule has 0 bridgehead atoms. The molecule has 0 saturated carbocycles. The van der Waals surface area contributed by atoms with Crippen LogP contribution < -0.4 is 10.1 Å². The summed E-state index contributed by atoms with van der Waals surface area (Å²) in [4.78, 5) is 26.0. The highest BCUT2D eigenvalue weighted by atomic mass is 16.5. The largest absolute Gasteiger partial charge is 0.497 e. The third-order valence-corrected chi connectivity index (χ3v) is 3.75. The van der Waals surface area contributed by atoms with Gasteiger partial charge in [0.25, 0.3) is 0 Å². The number of benzene rings is 2. The van der Waals surface area contributed by atoms with Crippen LogP contribution in [-0.2, 0) is 16.1 Å². The van der Waals surface area contributed by atoms with Crippen LogP contribution in [0.1, 0.15) is 29.8 Å². The first-order valence-electron chi connectivity index (χ1n) is 8.79. The lowest BCUT2D eigenvalue weighted by Crippen LogP contribution is -2.29. The third kappa shape index (κ3) is 6.75. The molecule has 6 nitrogen and oxygen atoms in total. The summed E-state index contributed by atoms with van der Waals surface area (Å²) in [6, 6.07) is 14.4. The normalized spacial score (nSPS) is 10.7. The van der Waals surface area contributed by atoms with Crippen molar-refractivity contribution in [1.29, 1.82) is 0 Å². The second-order valence-corrected chi connectivity index (χ2v) is 6.60. The van der Waals surface area contributed by atoms with Crippen molar-refractivity contribution in [3.63, 3.8) is 0 Å². The van der Waals surface area contributed by atoms with Gasteiger partial charge in [-0.1, -0.05) is 12.1 Å². The topological polar surface area (TPSA) is 67.9 Å². The fraction of sp³-hybridized carbons (Fsp3) is 0.333. The Morgan fingerprint density at radius 3 is 2.44 bits per heavy atom. The Balaban J connectivity index is 1.86. The molecule has 2 rings (SSSR count). The molecule has 27 heavy (non-hydrogen) atoms. The number of amides is 1. The molecule has 1 amide bonds. The smallest absolute Gasteiger partial charge is 0.338 e. The van der Waals surface area contributed by atoms with Crippen LogP contribution in [-0.4, -0.2) is 43.6 Å². The number of carbonyl (C=O) groups is 2. The van der Waals surface area contributed by atoms with Crippen LogP contribution in [0.25, 0.3) is 0 Å². The highest BCUT2D eigenvalue weighted by molar-refractivity contribution is 5.94. The number of rotatable bonds is 8. The molecule has 0 heterocycles. The van der Waals surface area contributed by atoms with E-state index in [2.05, 4.69) is 5.32 Å². The first-order chi connectivity index (χ1) is 12.9. The fourth-order valence-corrected chi connectivity index (χ4v) is 2.56. The first-order valence-corrected chi connectivity index (χ1v) is 8.79. The van der Waals surface area contributed by atoms with Crippen molar-refractivity contribution in [2.45, 2.75) is 26.5 Å². The standard InChI is InChI=1S/C21H26N2O4/c1-15(2)27-21(25)17-8-10-18(11-9-17)22-20(24)14-23(3)13-16-6-5-7-19(12-16)26-4/h5-12,15H,13-14H2,1-4H3,(H,22,24). The van der Waals surface area contributed by atoms with E-state index in [4.69, 9.17) is 9.47 Å².